The Hall–Kier alpha value is -3.55. The fraction of sp³-hybridized carbons (Fsp3) is 0.286. The maximum atomic E-state index is 12.0. The molecule has 0 heterocycles. The largest absolute Gasteiger partial charge is 0.495 e. The van der Waals surface area contributed by atoms with Crippen LogP contribution in [-0.4, -0.2) is 38.9 Å². The third-order valence-corrected chi connectivity index (χ3v) is 3.85. The number of carbonyl (C=O) groups is 2. The number of benzene rings is 2. The molecular formula is C21H25N3O5. The van der Waals surface area contributed by atoms with Crippen LogP contribution >= 0.6 is 0 Å². The van der Waals surface area contributed by atoms with E-state index < -0.39 is 0 Å². The minimum Gasteiger partial charge on any atom is -0.495 e. The van der Waals surface area contributed by atoms with Crippen molar-refractivity contribution >= 4 is 23.7 Å². The molecule has 2 amide bonds. The van der Waals surface area contributed by atoms with Crippen LogP contribution in [0.15, 0.2) is 47.6 Å². The Morgan fingerprint density at radius 2 is 1.69 bits per heavy atom. The Morgan fingerprint density at radius 1 is 0.966 bits per heavy atom. The van der Waals surface area contributed by atoms with Gasteiger partial charge in [-0.3, -0.25) is 9.59 Å². The molecule has 0 bridgehead atoms. The Bertz CT molecular complexity index is 867. The summed E-state index contributed by atoms with van der Waals surface area (Å²) in [6.45, 7) is 2.38. The van der Waals surface area contributed by atoms with E-state index in [1.165, 1.54) is 13.3 Å². The second-order valence-electron chi connectivity index (χ2n) is 5.88. The molecule has 0 saturated carbocycles. The van der Waals surface area contributed by atoms with Crippen molar-refractivity contribution in [1.82, 2.24) is 5.43 Å². The first kappa shape index (κ1) is 21.7. The zero-order valence-electron chi connectivity index (χ0n) is 16.7. The van der Waals surface area contributed by atoms with E-state index in [1.807, 2.05) is 6.92 Å². The van der Waals surface area contributed by atoms with Gasteiger partial charge in [-0.25, -0.2) is 5.43 Å². The highest BCUT2D eigenvalue weighted by atomic mass is 16.5. The number of amides is 2. The van der Waals surface area contributed by atoms with Gasteiger partial charge in [-0.05, 0) is 42.8 Å². The van der Waals surface area contributed by atoms with Crippen LogP contribution in [0.1, 0.15) is 25.3 Å². The van der Waals surface area contributed by atoms with E-state index >= 15 is 0 Å². The van der Waals surface area contributed by atoms with Crippen LogP contribution in [0, 0.1) is 0 Å². The number of hydrogen-bond donors (Lipinski definition) is 2. The highest BCUT2D eigenvalue weighted by Crippen LogP contribution is 2.27. The lowest BCUT2D eigenvalue weighted by atomic mass is 10.2. The molecule has 0 aliphatic carbocycles. The molecule has 2 aromatic rings. The summed E-state index contributed by atoms with van der Waals surface area (Å²) in [6, 6.07) is 12.4. The molecule has 154 valence electrons. The smallest absolute Gasteiger partial charge is 0.240 e. The number of para-hydroxylation sites is 2. The highest BCUT2D eigenvalue weighted by Gasteiger charge is 2.09. The molecule has 8 nitrogen and oxygen atoms in total. The van der Waals surface area contributed by atoms with Gasteiger partial charge in [0.05, 0.1) is 32.7 Å². The molecule has 29 heavy (non-hydrogen) atoms. The molecule has 0 radical (unpaired) electrons. The quantitative estimate of drug-likeness (QED) is 0.473. The van der Waals surface area contributed by atoms with E-state index in [4.69, 9.17) is 14.2 Å². The second-order valence-corrected chi connectivity index (χ2v) is 5.88. The van der Waals surface area contributed by atoms with Gasteiger partial charge >= 0.3 is 0 Å². The van der Waals surface area contributed by atoms with Crippen molar-refractivity contribution in [2.24, 2.45) is 5.10 Å². The average Bonchev–Trinajstić information content (AvgIpc) is 2.73. The van der Waals surface area contributed by atoms with E-state index in [0.29, 0.717) is 29.5 Å². The summed E-state index contributed by atoms with van der Waals surface area (Å²) in [7, 11) is 3.09. The zero-order chi connectivity index (χ0) is 21.1. The van der Waals surface area contributed by atoms with Gasteiger partial charge in [0.1, 0.15) is 5.75 Å². The molecule has 0 aliphatic heterocycles. The van der Waals surface area contributed by atoms with E-state index in [9.17, 15) is 9.59 Å². The number of nitrogens with zero attached hydrogens (tertiary/aromatic N) is 1. The molecule has 0 saturated heterocycles. The van der Waals surface area contributed by atoms with Crippen molar-refractivity contribution in [2.45, 2.75) is 19.8 Å². The van der Waals surface area contributed by atoms with Gasteiger partial charge < -0.3 is 19.5 Å². The van der Waals surface area contributed by atoms with Crippen LogP contribution in [0.4, 0.5) is 5.69 Å². The number of ether oxygens (including phenoxy) is 3. The van der Waals surface area contributed by atoms with Gasteiger partial charge in [-0.1, -0.05) is 12.1 Å². The lowest BCUT2D eigenvalue weighted by molar-refractivity contribution is -0.124. The monoisotopic (exact) mass is 399 g/mol. The topological polar surface area (TPSA) is 98.2 Å². The van der Waals surface area contributed by atoms with E-state index in [-0.39, 0.29) is 24.7 Å². The van der Waals surface area contributed by atoms with E-state index in [1.54, 1.807) is 49.6 Å². The summed E-state index contributed by atoms with van der Waals surface area (Å²) in [6.07, 6.45) is 1.52. The van der Waals surface area contributed by atoms with Gasteiger partial charge in [0.25, 0.3) is 0 Å². The van der Waals surface area contributed by atoms with Crippen molar-refractivity contribution in [2.75, 3.05) is 26.1 Å². The molecule has 2 aromatic carbocycles. The molecule has 0 fully saturated rings. The Labute approximate surface area is 169 Å². The van der Waals surface area contributed by atoms with Gasteiger partial charge in [0.15, 0.2) is 11.5 Å². The number of methoxy groups -OCH3 is 2. The number of nitrogens with one attached hydrogen (secondary N) is 2. The highest BCUT2D eigenvalue weighted by molar-refractivity contribution is 5.94. The summed E-state index contributed by atoms with van der Waals surface area (Å²) >= 11 is 0. The predicted octanol–water partition coefficient (Wildman–Crippen LogP) is 2.97. The van der Waals surface area contributed by atoms with Gasteiger partial charge in [-0.15, -0.1) is 0 Å². The van der Waals surface area contributed by atoms with Crippen LogP contribution in [0.3, 0.4) is 0 Å². The van der Waals surface area contributed by atoms with Crippen LogP contribution in [-0.2, 0) is 9.59 Å². The maximum Gasteiger partial charge on any atom is 0.240 e. The molecule has 2 rings (SSSR count). The summed E-state index contributed by atoms with van der Waals surface area (Å²) in [5, 5.41) is 6.63. The van der Waals surface area contributed by atoms with Gasteiger partial charge in [0.2, 0.25) is 11.8 Å². The van der Waals surface area contributed by atoms with Crippen molar-refractivity contribution in [1.29, 1.82) is 0 Å². The summed E-state index contributed by atoms with van der Waals surface area (Å²) in [5.74, 6) is 1.12. The lowest BCUT2D eigenvalue weighted by Crippen LogP contribution is -2.20. The molecule has 0 aromatic heterocycles. The number of rotatable bonds is 10. The van der Waals surface area contributed by atoms with E-state index in [2.05, 4.69) is 15.8 Å². The lowest BCUT2D eigenvalue weighted by Gasteiger charge is -2.09. The van der Waals surface area contributed by atoms with Gasteiger partial charge in [0, 0.05) is 12.8 Å². The molecule has 0 atom stereocenters. The third-order valence-electron chi connectivity index (χ3n) is 3.85. The minimum atomic E-state index is -0.366. The molecule has 8 heteroatoms. The van der Waals surface area contributed by atoms with Crippen LogP contribution in [0.2, 0.25) is 0 Å². The fourth-order valence-electron chi connectivity index (χ4n) is 2.46. The van der Waals surface area contributed by atoms with Crippen LogP contribution in [0.25, 0.3) is 0 Å². The first-order valence-electron chi connectivity index (χ1n) is 9.13. The van der Waals surface area contributed by atoms with Crippen molar-refractivity contribution < 1.29 is 23.8 Å². The summed E-state index contributed by atoms with van der Waals surface area (Å²) in [4.78, 5) is 23.9. The van der Waals surface area contributed by atoms with Crippen LogP contribution in [0.5, 0.6) is 17.2 Å². The minimum absolute atomic E-state index is 0.00509. The maximum absolute atomic E-state index is 12.0. The van der Waals surface area contributed by atoms with Crippen molar-refractivity contribution in [3.63, 3.8) is 0 Å². The molecular weight excluding hydrogens is 374 g/mol. The predicted molar refractivity (Wildman–Crippen MR) is 111 cm³/mol. The number of carbonyl (C=O) groups excluding carboxylic acids is 2. The fourth-order valence-corrected chi connectivity index (χ4v) is 2.46. The van der Waals surface area contributed by atoms with Crippen molar-refractivity contribution in [3.8, 4) is 17.2 Å². The van der Waals surface area contributed by atoms with Crippen LogP contribution < -0.4 is 25.0 Å². The number of hydrogen-bond acceptors (Lipinski definition) is 6. The average molecular weight is 399 g/mol. The first-order valence-corrected chi connectivity index (χ1v) is 9.13. The number of anilines is 1. The van der Waals surface area contributed by atoms with E-state index in [0.717, 1.165) is 5.56 Å². The Kier molecular flexibility index (Phi) is 8.50. The number of hydrazone groups is 1. The normalized spacial score (nSPS) is 10.4. The third kappa shape index (κ3) is 6.84. The Balaban J connectivity index is 1.82. The first-order chi connectivity index (χ1) is 14.1. The standard InChI is InChI=1S/C21H25N3O5/c1-4-29-19-13-15(9-10-18(19)28-3)14-22-24-21(26)12-11-20(25)23-16-7-5-6-8-17(16)27-2/h5-10,13-14H,4,11-12H2,1-3H3,(H,23,25)(H,24,26). The van der Waals surface area contributed by atoms with Gasteiger partial charge in [-0.2, -0.15) is 5.10 Å². The Morgan fingerprint density at radius 3 is 2.41 bits per heavy atom. The molecule has 0 unspecified atom stereocenters. The molecule has 0 spiro atoms. The second kappa shape index (κ2) is 11.3. The zero-order valence-corrected chi connectivity index (χ0v) is 16.7. The SMILES string of the molecule is CCOc1cc(C=NNC(=O)CCC(=O)Nc2ccccc2OC)ccc1OC. The summed E-state index contributed by atoms with van der Waals surface area (Å²) in [5.41, 5.74) is 3.70. The summed E-state index contributed by atoms with van der Waals surface area (Å²) < 4.78 is 15.9. The van der Waals surface area contributed by atoms with Crippen molar-refractivity contribution in [3.05, 3.63) is 48.0 Å². The molecule has 0 aliphatic rings. The molecule has 2 N–H and O–H groups in total.